The van der Waals surface area contributed by atoms with Crippen LogP contribution in [0.1, 0.15) is 26.6 Å². The summed E-state index contributed by atoms with van der Waals surface area (Å²) in [5.74, 6) is 1.05. The Morgan fingerprint density at radius 3 is 2.69 bits per heavy atom. The highest BCUT2D eigenvalue weighted by molar-refractivity contribution is 5.82. The van der Waals surface area contributed by atoms with Gasteiger partial charge in [-0.15, -0.1) is 4.68 Å². The first-order valence-electron chi connectivity index (χ1n) is 5.12. The molecular weight excluding hydrogens is 208 g/mol. The Hall–Kier alpha value is -1.72. The minimum Gasteiger partial charge on any atom is -0.447 e. The number of hydrogen-bond donors (Lipinski definition) is 0. The van der Waals surface area contributed by atoms with E-state index in [9.17, 15) is 4.79 Å². The molecule has 0 aromatic carbocycles. The number of hydrogen-bond acceptors (Lipinski definition) is 4. The molecule has 0 unspecified atom stereocenters. The van der Waals surface area contributed by atoms with Gasteiger partial charge in [0.1, 0.15) is 7.05 Å². The van der Waals surface area contributed by atoms with Gasteiger partial charge < -0.3 is 4.74 Å². The van der Waals surface area contributed by atoms with Gasteiger partial charge in [-0.1, -0.05) is 4.68 Å². The highest BCUT2D eigenvalue weighted by Gasteiger charge is 2.25. The molecule has 0 fully saturated rings. The van der Waals surface area contributed by atoms with Crippen LogP contribution in [-0.4, -0.2) is 28.1 Å². The van der Waals surface area contributed by atoms with E-state index in [0.29, 0.717) is 18.4 Å². The maximum absolute atomic E-state index is 11.7. The minimum absolute atomic E-state index is 0.324. The summed E-state index contributed by atoms with van der Waals surface area (Å²) in [7, 11) is 1.74. The molecule has 0 aliphatic rings. The number of nitrogens with zero attached hydrogens (tertiary/aromatic N) is 4. The van der Waals surface area contributed by atoms with E-state index in [1.54, 1.807) is 25.6 Å². The fraction of sp³-hybridized carbons (Fsp3) is 0.600. The van der Waals surface area contributed by atoms with E-state index < -0.39 is 6.09 Å². The summed E-state index contributed by atoms with van der Waals surface area (Å²) in [5.41, 5.74) is 0.830. The first kappa shape index (κ1) is 12.4. The van der Waals surface area contributed by atoms with E-state index in [1.165, 1.54) is 4.68 Å². The molecule has 1 heterocycles. The molecule has 0 aliphatic carbocycles. The van der Waals surface area contributed by atoms with Crippen LogP contribution < -0.4 is 4.68 Å². The maximum Gasteiger partial charge on any atom is 0.455 e. The second-order valence-electron chi connectivity index (χ2n) is 3.55. The van der Waals surface area contributed by atoms with E-state index in [1.807, 2.05) is 13.8 Å². The van der Waals surface area contributed by atoms with Crippen molar-refractivity contribution in [3.8, 4) is 0 Å². The molecule has 0 saturated carbocycles. The first-order valence-corrected chi connectivity index (χ1v) is 5.12. The number of aromatic nitrogens is 3. The number of rotatable bonds is 2. The van der Waals surface area contributed by atoms with Gasteiger partial charge >= 0.3 is 17.9 Å². The van der Waals surface area contributed by atoms with Crippen LogP contribution in [0.5, 0.6) is 0 Å². The van der Waals surface area contributed by atoms with Crippen LogP contribution in [0.25, 0.3) is 0 Å². The number of aryl methyl sites for hydroxylation is 1. The van der Waals surface area contributed by atoms with Gasteiger partial charge in [0.05, 0.1) is 6.61 Å². The van der Waals surface area contributed by atoms with E-state index in [4.69, 9.17) is 4.74 Å². The second kappa shape index (κ2) is 4.87. The van der Waals surface area contributed by atoms with Crippen molar-refractivity contribution >= 4 is 17.8 Å². The molecule has 0 spiro atoms. The van der Waals surface area contributed by atoms with Crippen LogP contribution in [0.2, 0.25) is 0 Å². The third-order valence-corrected chi connectivity index (χ3v) is 1.98. The molecule has 0 amide bonds. The Morgan fingerprint density at radius 1 is 1.56 bits per heavy atom. The van der Waals surface area contributed by atoms with Crippen LogP contribution >= 0.6 is 0 Å². The largest absolute Gasteiger partial charge is 0.455 e. The van der Waals surface area contributed by atoms with Crippen molar-refractivity contribution in [1.29, 1.82) is 0 Å². The zero-order chi connectivity index (χ0) is 12.3. The third-order valence-electron chi connectivity index (χ3n) is 1.98. The lowest BCUT2D eigenvalue weighted by molar-refractivity contribution is -0.748. The number of carbonyl (C=O) groups is 1. The quantitative estimate of drug-likeness (QED) is 0.560. The van der Waals surface area contributed by atoms with Gasteiger partial charge in [0.25, 0.3) is 0 Å². The van der Waals surface area contributed by atoms with Crippen molar-refractivity contribution < 1.29 is 14.2 Å². The standard InChI is InChI=1S/C10H17N4O2/c1-6-16-10(15)14-9(11-7(2)3)12-8(4)13(14)5/h6H2,1-5H3/q+1. The van der Waals surface area contributed by atoms with Gasteiger partial charge in [-0.3, -0.25) is 0 Å². The van der Waals surface area contributed by atoms with Crippen LogP contribution in [-0.2, 0) is 11.8 Å². The summed E-state index contributed by atoms with van der Waals surface area (Å²) in [6.07, 6.45) is -0.467. The van der Waals surface area contributed by atoms with Gasteiger partial charge in [0.2, 0.25) is 0 Å². The molecule has 88 valence electrons. The van der Waals surface area contributed by atoms with E-state index in [0.717, 1.165) is 5.71 Å². The van der Waals surface area contributed by atoms with Crippen molar-refractivity contribution in [2.24, 2.45) is 12.0 Å². The van der Waals surface area contributed by atoms with Crippen LogP contribution in [0, 0.1) is 6.92 Å². The Balaban J connectivity index is 3.24. The normalized spacial score (nSPS) is 10.1. The summed E-state index contributed by atoms with van der Waals surface area (Å²) in [4.78, 5) is 20.1. The molecule has 1 aromatic heterocycles. The molecule has 0 radical (unpaired) electrons. The zero-order valence-electron chi connectivity index (χ0n) is 10.3. The molecule has 16 heavy (non-hydrogen) atoms. The average Bonchev–Trinajstić information content (AvgIpc) is 2.41. The molecule has 6 nitrogen and oxygen atoms in total. The van der Waals surface area contributed by atoms with Crippen LogP contribution in [0.15, 0.2) is 4.99 Å². The smallest absolute Gasteiger partial charge is 0.447 e. The highest BCUT2D eigenvalue weighted by Crippen LogP contribution is 2.08. The maximum atomic E-state index is 11.7. The Bertz CT molecular complexity index is 430. The molecule has 0 aliphatic heterocycles. The predicted molar refractivity (Wildman–Crippen MR) is 59.0 cm³/mol. The van der Waals surface area contributed by atoms with E-state index >= 15 is 0 Å². The topological polar surface area (TPSA) is 60.4 Å². The minimum atomic E-state index is -0.467. The Labute approximate surface area is 94.6 Å². The monoisotopic (exact) mass is 225 g/mol. The van der Waals surface area contributed by atoms with E-state index in [2.05, 4.69) is 9.98 Å². The van der Waals surface area contributed by atoms with Gasteiger partial charge in [-0.2, -0.15) is 4.99 Å². The Kier molecular flexibility index (Phi) is 3.76. The highest BCUT2D eigenvalue weighted by atomic mass is 16.6. The van der Waals surface area contributed by atoms with Crippen molar-refractivity contribution in [3.05, 3.63) is 5.82 Å². The van der Waals surface area contributed by atoms with E-state index in [-0.39, 0.29) is 0 Å². The molecule has 0 N–H and O–H groups in total. The van der Waals surface area contributed by atoms with Gasteiger partial charge in [0, 0.05) is 12.6 Å². The molecule has 0 atom stereocenters. The van der Waals surface area contributed by atoms with Gasteiger partial charge in [0.15, 0.2) is 0 Å². The van der Waals surface area contributed by atoms with Crippen LogP contribution in [0.4, 0.5) is 10.7 Å². The molecule has 0 saturated heterocycles. The van der Waals surface area contributed by atoms with Crippen molar-refractivity contribution in [3.63, 3.8) is 0 Å². The summed E-state index contributed by atoms with van der Waals surface area (Å²) < 4.78 is 7.86. The molecule has 0 bridgehead atoms. The fourth-order valence-electron chi connectivity index (χ4n) is 1.20. The third kappa shape index (κ3) is 2.44. The van der Waals surface area contributed by atoms with Crippen molar-refractivity contribution in [1.82, 2.24) is 9.67 Å². The molecule has 6 heteroatoms. The predicted octanol–water partition coefficient (Wildman–Crippen LogP) is 1.13. The average molecular weight is 225 g/mol. The zero-order valence-corrected chi connectivity index (χ0v) is 10.3. The lowest BCUT2D eigenvalue weighted by Crippen LogP contribution is -2.44. The van der Waals surface area contributed by atoms with Gasteiger partial charge in [-0.25, -0.2) is 4.79 Å². The summed E-state index contributed by atoms with van der Waals surface area (Å²) >= 11 is 0. The molecule has 1 rings (SSSR count). The lowest BCUT2D eigenvalue weighted by atomic mass is 10.5. The Morgan fingerprint density at radius 2 is 2.19 bits per heavy atom. The number of carbonyl (C=O) groups excluding carboxylic acids is 1. The summed E-state index contributed by atoms with van der Waals surface area (Å²) in [6, 6.07) is 0. The van der Waals surface area contributed by atoms with Gasteiger partial charge in [-0.05, 0) is 25.8 Å². The SMILES string of the molecule is CCOC(=O)n1c(N=C(C)C)nc(C)[n+]1C. The lowest BCUT2D eigenvalue weighted by Gasteiger charge is -2.01. The van der Waals surface area contributed by atoms with Crippen molar-refractivity contribution in [2.45, 2.75) is 27.7 Å². The van der Waals surface area contributed by atoms with Crippen LogP contribution in [0.3, 0.4) is 0 Å². The fourth-order valence-corrected chi connectivity index (χ4v) is 1.20. The second-order valence-corrected chi connectivity index (χ2v) is 3.55. The first-order chi connectivity index (χ1) is 7.47. The molecule has 1 aromatic rings. The number of ether oxygens (including phenoxy) is 1. The molecular formula is C10H17N4O2+. The van der Waals surface area contributed by atoms with Crippen molar-refractivity contribution in [2.75, 3.05) is 6.61 Å². The summed E-state index contributed by atoms with van der Waals surface area (Å²) in [6.45, 7) is 7.58. The number of aliphatic imine (C=N–C) groups is 1. The summed E-state index contributed by atoms with van der Waals surface area (Å²) in [5, 5.41) is 0.